The Morgan fingerprint density at radius 2 is 2.35 bits per heavy atom. The Labute approximate surface area is 118 Å². The van der Waals surface area contributed by atoms with Gasteiger partial charge in [-0.25, -0.2) is 0 Å². The molecule has 6 heteroatoms. The molecule has 17 heavy (non-hydrogen) atoms. The Bertz CT molecular complexity index is 464. The number of hydrogen-bond acceptors (Lipinski definition) is 3. The lowest BCUT2D eigenvalue weighted by Crippen LogP contribution is -2.53. The SMILES string of the molecule is CN1C(=O)C[C@@](C)(c2sc(Br)cc2Cl)CC1N. The predicted molar refractivity (Wildman–Crippen MR) is 74.4 cm³/mol. The summed E-state index contributed by atoms with van der Waals surface area (Å²) in [7, 11) is 1.75. The van der Waals surface area contributed by atoms with Gasteiger partial charge in [-0.1, -0.05) is 18.5 Å². The summed E-state index contributed by atoms with van der Waals surface area (Å²) in [5, 5.41) is 0.717. The fourth-order valence-corrected chi connectivity index (χ4v) is 4.53. The van der Waals surface area contributed by atoms with Gasteiger partial charge >= 0.3 is 0 Å². The van der Waals surface area contributed by atoms with E-state index in [0.29, 0.717) is 11.4 Å². The fourth-order valence-electron chi connectivity index (χ4n) is 2.24. The molecule has 0 aliphatic carbocycles. The van der Waals surface area contributed by atoms with Gasteiger partial charge in [-0.2, -0.15) is 0 Å². The molecule has 1 aliphatic heterocycles. The molecular formula is C11H14BrClN2OS. The second-order valence-electron chi connectivity index (χ2n) is 4.74. The molecule has 0 saturated carbocycles. The lowest BCUT2D eigenvalue weighted by atomic mass is 9.77. The lowest BCUT2D eigenvalue weighted by molar-refractivity contribution is -0.137. The molecule has 1 aliphatic rings. The van der Waals surface area contributed by atoms with Gasteiger partial charge in [-0.3, -0.25) is 4.79 Å². The van der Waals surface area contributed by atoms with Gasteiger partial charge in [-0.05, 0) is 28.4 Å². The topological polar surface area (TPSA) is 46.3 Å². The number of carbonyl (C=O) groups is 1. The zero-order chi connectivity index (χ0) is 12.8. The zero-order valence-corrected chi connectivity index (χ0v) is 12.8. The van der Waals surface area contributed by atoms with E-state index in [2.05, 4.69) is 22.9 Å². The van der Waals surface area contributed by atoms with E-state index in [9.17, 15) is 4.79 Å². The van der Waals surface area contributed by atoms with Crippen LogP contribution in [0.15, 0.2) is 9.85 Å². The molecular weight excluding hydrogens is 324 g/mol. The molecule has 1 amide bonds. The van der Waals surface area contributed by atoms with Gasteiger partial charge in [0.2, 0.25) is 5.91 Å². The standard InChI is InChI=1S/C11H14BrClN2OS/c1-11(10-6(13)3-7(12)17-10)4-8(14)15(2)9(16)5-11/h3,8H,4-5,14H2,1-2H3/t8?,11-/m0/s1. The van der Waals surface area contributed by atoms with Gasteiger partial charge in [0.25, 0.3) is 0 Å². The molecule has 0 aromatic carbocycles. The molecule has 2 rings (SSSR count). The van der Waals surface area contributed by atoms with Crippen molar-refractivity contribution in [3.8, 4) is 0 Å². The third-order valence-corrected chi connectivity index (χ3v) is 5.65. The van der Waals surface area contributed by atoms with E-state index in [-0.39, 0.29) is 17.5 Å². The first-order valence-corrected chi connectivity index (χ1v) is 7.29. The van der Waals surface area contributed by atoms with Crippen LogP contribution in [0.3, 0.4) is 0 Å². The third-order valence-electron chi connectivity index (χ3n) is 3.30. The summed E-state index contributed by atoms with van der Waals surface area (Å²) >= 11 is 11.2. The van der Waals surface area contributed by atoms with Crippen molar-refractivity contribution < 1.29 is 4.79 Å². The Morgan fingerprint density at radius 1 is 1.71 bits per heavy atom. The van der Waals surface area contributed by atoms with Crippen LogP contribution in [0.2, 0.25) is 5.02 Å². The van der Waals surface area contributed by atoms with Crippen molar-refractivity contribution in [3.63, 3.8) is 0 Å². The molecule has 1 fully saturated rings. The highest BCUT2D eigenvalue weighted by Gasteiger charge is 2.41. The second kappa shape index (κ2) is 4.53. The van der Waals surface area contributed by atoms with Gasteiger partial charge in [0.05, 0.1) is 15.0 Å². The molecule has 1 saturated heterocycles. The number of carbonyl (C=O) groups excluding carboxylic acids is 1. The summed E-state index contributed by atoms with van der Waals surface area (Å²) in [4.78, 5) is 14.6. The minimum Gasteiger partial charge on any atom is -0.330 e. The van der Waals surface area contributed by atoms with Gasteiger partial charge in [0, 0.05) is 23.8 Å². The van der Waals surface area contributed by atoms with E-state index in [1.165, 1.54) is 0 Å². The van der Waals surface area contributed by atoms with Crippen LogP contribution in [0.1, 0.15) is 24.6 Å². The van der Waals surface area contributed by atoms with E-state index in [1.807, 2.05) is 6.07 Å². The summed E-state index contributed by atoms with van der Waals surface area (Å²) in [5.74, 6) is 0.0758. The molecule has 1 aromatic heterocycles. The van der Waals surface area contributed by atoms with E-state index >= 15 is 0 Å². The first-order chi connectivity index (χ1) is 7.83. The number of thiophene rings is 1. The molecule has 2 atom stereocenters. The lowest BCUT2D eigenvalue weighted by Gasteiger charge is -2.41. The maximum atomic E-state index is 11.9. The van der Waals surface area contributed by atoms with Crippen LogP contribution in [0.5, 0.6) is 0 Å². The Kier molecular flexibility index (Phi) is 3.56. The summed E-state index contributed by atoms with van der Waals surface area (Å²) in [6.45, 7) is 2.06. The van der Waals surface area contributed by atoms with Gasteiger partial charge in [-0.15, -0.1) is 11.3 Å². The predicted octanol–water partition coefficient (Wildman–Crippen LogP) is 2.96. The smallest absolute Gasteiger partial charge is 0.224 e. The quantitative estimate of drug-likeness (QED) is 0.856. The molecule has 1 unspecified atom stereocenters. The van der Waals surface area contributed by atoms with Crippen molar-refractivity contribution in [1.82, 2.24) is 4.90 Å². The number of hydrogen-bond donors (Lipinski definition) is 1. The third kappa shape index (κ3) is 2.38. The van der Waals surface area contributed by atoms with Crippen LogP contribution < -0.4 is 5.73 Å². The number of amides is 1. The van der Waals surface area contributed by atoms with Crippen molar-refractivity contribution in [2.45, 2.75) is 31.3 Å². The van der Waals surface area contributed by atoms with E-state index in [4.69, 9.17) is 17.3 Å². The normalized spacial score (nSPS) is 29.8. The Balaban J connectivity index is 2.37. The van der Waals surface area contributed by atoms with Crippen molar-refractivity contribution in [3.05, 3.63) is 19.8 Å². The van der Waals surface area contributed by atoms with Gasteiger partial charge < -0.3 is 10.6 Å². The minimum absolute atomic E-state index is 0.0758. The van der Waals surface area contributed by atoms with Crippen molar-refractivity contribution in [2.24, 2.45) is 5.73 Å². The first kappa shape index (κ1) is 13.3. The summed E-state index contributed by atoms with van der Waals surface area (Å²) in [6.07, 6.45) is 0.962. The van der Waals surface area contributed by atoms with Crippen LogP contribution in [-0.4, -0.2) is 24.0 Å². The summed E-state index contributed by atoms with van der Waals surface area (Å²) in [6, 6.07) is 1.88. The van der Waals surface area contributed by atoms with Crippen LogP contribution in [0.4, 0.5) is 0 Å². The van der Waals surface area contributed by atoms with E-state index in [0.717, 1.165) is 15.1 Å². The number of rotatable bonds is 1. The highest BCUT2D eigenvalue weighted by molar-refractivity contribution is 9.11. The molecule has 94 valence electrons. The molecule has 0 radical (unpaired) electrons. The summed E-state index contributed by atoms with van der Waals surface area (Å²) in [5.41, 5.74) is 5.74. The minimum atomic E-state index is -0.253. The van der Waals surface area contributed by atoms with Crippen molar-refractivity contribution in [1.29, 1.82) is 0 Å². The fraction of sp³-hybridized carbons (Fsp3) is 0.545. The molecule has 2 N–H and O–H groups in total. The first-order valence-electron chi connectivity index (χ1n) is 5.30. The maximum Gasteiger partial charge on any atom is 0.224 e. The average Bonchev–Trinajstić information content (AvgIpc) is 2.55. The Morgan fingerprint density at radius 3 is 2.82 bits per heavy atom. The maximum absolute atomic E-state index is 11.9. The number of piperidine rings is 1. The summed E-state index contributed by atoms with van der Waals surface area (Å²) < 4.78 is 0.985. The van der Waals surface area contributed by atoms with Crippen molar-refractivity contribution in [2.75, 3.05) is 7.05 Å². The molecule has 2 heterocycles. The van der Waals surface area contributed by atoms with Crippen molar-refractivity contribution >= 4 is 44.8 Å². The van der Waals surface area contributed by atoms with Crippen LogP contribution >= 0.6 is 38.9 Å². The Hall–Kier alpha value is -0.100. The van der Waals surface area contributed by atoms with Crippen LogP contribution in [-0.2, 0) is 10.2 Å². The number of nitrogens with zero attached hydrogens (tertiary/aromatic N) is 1. The highest BCUT2D eigenvalue weighted by Crippen LogP contribution is 2.45. The molecule has 1 aromatic rings. The average molecular weight is 338 g/mol. The molecule has 3 nitrogen and oxygen atoms in total. The van der Waals surface area contributed by atoms with E-state index < -0.39 is 0 Å². The van der Waals surface area contributed by atoms with Gasteiger partial charge in [0.1, 0.15) is 0 Å². The van der Waals surface area contributed by atoms with Gasteiger partial charge in [0.15, 0.2) is 0 Å². The largest absolute Gasteiger partial charge is 0.330 e. The number of halogens is 2. The second-order valence-corrected chi connectivity index (χ2v) is 7.58. The molecule has 0 spiro atoms. The number of likely N-dealkylation sites (tertiary alicyclic amines) is 1. The monoisotopic (exact) mass is 336 g/mol. The molecule has 0 bridgehead atoms. The highest BCUT2D eigenvalue weighted by atomic mass is 79.9. The zero-order valence-electron chi connectivity index (χ0n) is 9.67. The van der Waals surface area contributed by atoms with Crippen LogP contribution in [0.25, 0.3) is 0 Å². The van der Waals surface area contributed by atoms with Crippen LogP contribution in [0, 0.1) is 0 Å². The number of nitrogens with two attached hydrogens (primary N) is 1. The van der Waals surface area contributed by atoms with E-state index in [1.54, 1.807) is 23.3 Å².